The summed E-state index contributed by atoms with van der Waals surface area (Å²) < 4.78 is 10.5. The van der Waals surface area contributed by atoms with E-state index in [4.69, 9.17) is 14.6 Å². The smallest absolute Gasteiger partial charge is 0.184 e. The van der Waals surface area contributed by atoms with Gasteiger partial charge in [0.15, 0.2) is 6.29 Å². The third kappa shape index (κ3) is 9.13. The Kier molecular flexibility index (Phi) is 13.3. The van der Waals surface area contributed by atoms with E-state index in [0.29, 0.717) is 6.61 Å². The molecule has 0 unspecified atom stereocenters. The molecule has 0 saturated carbocycles. The summed E-state index contributed by atoms with van der Waals surface area (Å²) in [7, 11) is 0. The van der Waals surface area contributed by atoms with E-state index in [1.807, 2.05) is 0 Å². The molecule has 1 aliphatic heterocycles. The summed E-state index contributed by atoms with van der Waals surface area (Å²) >= 11 is 3.45. The number of hydrogen-bond acceptors (Lipinski definition) is 6. The van der Waals surface area contributed by atoms with Crippen molar-refractivity contribution in [2.45, 2.75) is 94.9 Å². The maximum atomic E-state index is 10.0. The predicted molar refractivity (Wildman–Crippen MR) is 99.7 cm³/mol. The van der Waals surface area contributed by atoms with E-state index < -0.39 is 37.3 Å². The number of halogens is 1. The first-order chi connectivity index (χ1) is 12.1. The maximum Gasteiger partial charge on any atom is 0.184 e. The van der Waals surface area contributed by atoms with E-state index in [0.717, 1.165) is 24.6 Å². The molecule has 0 bridgehead atoms. The molecule has 6 nitrogen and oxygen atoms in total. The van der Waals surface area contributed by atoms with Gasteiger partial charge in [-0.25, -0.2) is 0 Å². The second kappa shape index (κ2) is 14.3. The maximum absolute atomic E-state index is 10.0. The van der Waals surface area contributed by atoms with Gasteiger partial charge >= 0.3 is 0 Å². The van der Waals surface area contributed by atoms with Crippen LogP contribution >= 0.6 is 15.9 Å². The first-order valence-corrected chi connectivity index (χ1v) is 10.7. The number of aliphatic hydroxyl groups excluding tert-OH is 4. The molecule has 5 atom stereocenters. The predicted octanol–water partition coefficient (Wildman–Crippen LogP) is 2.10. The fourth-order valence-corrected chi connectivity index (χ4v) is 3.49. The molecular formula is C18H35BrO6. The molecule has 1 rings (SSSR count). The van der Waals surface area contributed by atoms with Crippen LogP contribution in [0, 0.1) is 0 Å². The molecule has 25 heavy (non-hydrogen) atoms. The minimum atomic E-state index is -1.44. The Morgan fingerprint density at radius 1 is 0.760 bits per heavy atom. The van der Waals surface area contributed by atoms with Crippen LogP contribution < -0.4 is 0 Å². The summed E-state index contributed by atoms with van der Waals surface area (Å²) in [6.07, 6.45) is 6.35. The van der Waals surface area contributed by atoms with Gasteiger partial charge in [-0.05, 0) is 12.8 Å². The van der Waals surface area contributed by atoms with Crippen LogP contribution in [-0.2, 0) is 9.47 Å². The van der Waals surface area contributed by atoms with Crippen LogP contribution in [0.25, 0.3) is 0 Å². The van der Waals surface area contributed by atoms with E-state index in [-0.39, 0.29) is 0 Å². The standard InChI is InChI=1S/C18H35BrO6/c19-11-9-7-5-3-1-2-4-6-8-10-12-24-17-15(21)14(13-20)25-18(23)16(17)22/h14-18,20-23H,1-13H2/t14-,15-,16-,17+,18-/m1/s1. The molecule has 1 fully saturated rings. The van der Waals surface area contributed by atoms with Crippen molar-refractivity contribution in [3.63, 3.8) is 0 Å². The van der Waals surface area contributed by atoms with Gasteiger partial charge in [-0.15, -0.1) is 0 Å². The topological polar surface area (TPSA) is 99.4 Å². The van der Waals surface area contributed by atoms with Crippen molar-refractivity contribution in [2.24, 2.45) is 0 Å². The molecule has 0 amide bonds. The molecule has 0 aromatic rings. The molecular weight excluding hydrogens is 392 g/mol. The van der Waals surface area contributed by atoms with E-state index in [9.17, 15) is 15.3 Å². The van der Waals surface area contributed by atoms with Crippen molar-refractivity contribution in [3.05, 3.63) is 0 Å². The molecule has 0 aromatic heterocycles. The summed E-state index contributed by atoms with van der Waals surface area (Å²) in [6.45, 7) is -0.0167. The minimum Gasteiger partial charge on any atom is -0.394 e. The molecule has 0 aromatic carbocycles. The number of rotatable bonds is 14. The SMILES string of the molecule is OC[C@H]1O[C@@H](O)[C@H](O)[C@@H](OCCCCCCCCCCCCBr)[C@@H]1O. The molecule has 1 aliphatic rings. The molecule has 4 N–H and O–H groups in total. The van der Waals surface area contributed by atoms with Crippen LogP contribution in [0.2, 0.25) is 0 Å². The van der Waals surface area contributed by atoms with Gasteiger partial charge in [-0.2, -0.15) is 0 Å². The van der Waals surface area contributed by atoms with E-state index >= 15 is 0 Å². The number of ether oxygens (including phenoxy) is 2. The van der Waals surface area contributed by atoms with Crippen molar-refractivity contribution in [1.29, 1.82) is 0 Å². The van der Waals surface area contributed by atoms with Crippen molar-refractivity contribution in [3.8, 4) is 0 Å². The number of hydrogen-bond donors (Lipinski definition) is 4. The van der Waals surface area contributed by atoms with Gasteiger partial charge in [-0.3, -0.25) is 0 Å². The zero-order valence-electron chi connectivity index (χ0n) is 15.1. The third-order valence-corrected chi connectivity index (χ3v) is 5.24. The van der Waals surface area contributed by atoms with Crippen LogP contribution in [0.5, 0.6) is 0 Å². The van der Waals surface area contributed by atoms with Gasteiger partial charge in [0.05, 0.1) is 6.61 Å². The average molecular weight is 427 g/mol. The summed E-state index contributed by atoms with van der Waals surface area (Å²) in [5.74, 6) is 0. The van der Waals surface area contributed by atoms with Crippen molar-refractivity contribution in [1.82, 2.24) is 0 Å². The van der Waals surface area contributed by atoms with Gasteiger partial charge in [0.2, 0.25) is 0 Å². The molecule has 0 aliphatic carbocycles. The Labute approximate surface area is 159 Å². The second-order valence-corrected chi connectivity index (χ2v) is 7.58. The zero-order valence-corrected chi connectivity index (χ0v) is 16.6. The summed E-state index contributed by atoms with van der Waals surface area (Å²) in [5, 5.41) is 39.7. The van der Waals surface area contributed by atoms with Gasteiger partial charge in [0.1, 0.15) is 24.4 Å². The summed E-state index contributed by atoms with van der Waals surface area (Å²) in [6, 6.07) is 0. The van der Waals surface area contributed by atoms with Crippen LogP contribution in [-0.4, -0.2) is 69.7 Å². The lowest BCUT2D eigenvalue weighted by Gasteiger charge is -2.39. The van der Waals surface area contributed by atoms with Gasteiger partial charge in [-0.1, -0.05) is 67.3 Å². The van der Waals surface area contributed by atoms with Gasteiger partial charge in [0, 0.05) is 11.9 Å². The molecule has 1 saturated heterocycles. The number of unbranched alkanes of at least 4 members (excludes halogenated alkanes) is 9. The summed E-state index contributed by atoms with van der Waals surface area (Å²) in [4.78, 5) is 0. The Morgan fingerprint density at radius 3 is 1.80 bits per heavy atom. The normalized spacial score (nSPS) is 29.9. The highest BCUT2D eigenvalue weighted by Gasteiger charge is 2.44. The van der Waals surface area contributed by atoms with Gasteiger partial charge < -0.3 is 29.9 Å². The second-order valence-electron chi connectivity index (χ2n) is 6.79. The highest BCUT2D eigenvalue weighted by Crippen LogP contribution is 2.22. The zero-order chi connectivity index (χ0) is 18.5. The van der Waals surface area contributed by atoms with E-state index in [2.05, 4.69) is 15.9 Å². The number of aliphatic hydroxyl groups is 4. The highest BCUT2D eigenvalue weighted by atomic mass is 79.9. The van der Waals surface area contributed by atoms with E-state index in [1.54, 1.807) is 0 Å². The fraction of sp³-hybridized carbons (Fsp3) is 1.00. The monoisotopic (exact) mass is 426 g/mol. The van der Waals surface area contributed by atoms with Crippen LogP contribution in [0.1, 0.15) is 64.2 Å². The first kappa shape index (κ1) is 23.3. The van der Waals surface area contributed by atoms with Crippen molar-refractivity contribution < 1.29 is 29.9 Å². The van der Waals surface area contributed by atoms with Crippen molar-refractivity contribution >= 4 is 15.9 Å². The Bertz CT molecular complexity index is 320. The highest BCUT2D eigenvalue weighted by molar-refractivity contribution is 9.09. The lowest BCUT2D eigenvalue weighted by molar-refractivity contribution is -0.294. The Balaban J connectivity index is 2.01. The van der Waals surface area contributed by atoms with Crippen molar-refractivity contribution in [2.75, 3.05) is 18.5 Å². The summed E-state index contributed by atoms with van der Waals surface area (Å²) in [5.41, 5.74) is 0. The van der Waals surface area contributed by atoms with E-state index in [1.165, 1.54) is 44.9 Å². The lowest BCUT2D eigenvalue weighted by Crippen LogP contribution is -2.59. The molecule has 0 radical (unpaired) electrons. The molecule has 1 heterocycles. The minimum absolute atomic E-state index is 0.413. The fourth-order valence-electron chi connectivity index (χ4n) is 3.09. The van der Waals surface area contributed by atoms with Crippen LogP contribution in [0.4, 0.5) is 0 Å². The largest absolute Gasteiger partial charge is 0.394 e. The molecule has 7 heteroatoms. The Morgan fingerprint density at radius 2 is 1.28 bits per heavy atom. The number of alkyl halides is 1. The Hall–Kier alpha value is 0.240. The van der Waals surface area contributed by atoms with Crippen LogP contribution in [0.15, 0.2) is 0 Å². The molecule has 0 spiro atoms. The quantitative estimate of drug-likeness (QED) is 0.250. The molecule has 150 valence electrons. The first-order valence-electron chi connectivity index (χ1n) is 9.60. The average Bonchev–Trinajstić information content (AvgIpc) is 2.61. The third-order valence-electron chi connectivity index (χ3n) is 4.68. The lowest BCUT2D eigenvalue weighted by atomic mass is 9.99. The van der Waals surface area contributed by atoms with Gasteiger partial charge in [0.25, 0.3) is 0 Å². The van der Waals surface area contributed by atoms with Crippen LogP contribution in [0.3, 0.4) is 0 Å².